The molecule has 0 unspecified atom stereocenters. The van der Waals surface area contributed by atoms with Gasteiger partial charge in [-0.05, 0) is 37.1 Å². The van der Waals surface area contributed by atoms with Crippen molar-refractivity contribution < 1.29 is 0 Å². The third kappa shape index (κ3) is 5.19. The van der Waals surface area contributed by atoms with Crippen LogP contribution in [0.2, 0.25) is 0 Å². The fourth-order valence-electron chi connectivity index (χ4n) is 2.87. The Balaban J connectivity index is 1.96. The van der Waals surface area contributed by atoms with Gasteiger partial charge in [-0.1, -0.05) is 37.5 Å². The first-order valence-corrected chi connectivity index (χ1v) is 7.56. The SMILES string of the molecule is CN(Cc1cccc(C=NN=C(N)N)c1)C1CCCCC1. The molecule has 0 spiro atoms. The van der Waals surface area contributed by atoms with Crippen LogP contribution in [0.4, 0.5) is 0 Å². The molecule has 1 fully saturated rings. The van der Waals surface area contributed by atoms with E-state index in [0.717, 1.165) is 18.2 Å². The van der Waals surface area contributed by atoms with Gasteiger partial charge in [0.15, 0.2) is 0 Å². The molecule has 1 saturated carbocycles. The van der Waals surface area contributed by atoms with Gasteiger partial charge in [0.25, 0.3) is 0 Å². The normalized spacial score (nSPS) is 16.5. The Bertz CT molecular complexity index is 499. The van der Waals surface area contributed by atoms with Crippen LogP contribution in [0, 0.1) is 0 Å². The standard InChI is InChI=1S/C16H25N5/c1-21(15-8-3-2-4-9-15)12-14-7-5-6-13(10-14)11-19-20-16(17)18/h5-7,10-11,15H,2-4,8-9,12H2,1H3,(H4,17,18,20). The Kier molecular flexibility index (Phi) is 5.75. The van der Waals surface area contributed by atoms with Crippen LogP contribution in [0.5, 0.6) is 0 Å². The van der Waals surface area contributed by atoms with Gasteiger partial charge in [-0.15, -0.1) is 5.10 Å². The number of guanidine groups is 1. The highest BCUT2D eigenvalue weighted by Crippen LogP contribution is 2.22. The molecule has 0 aliphatic heterocycles. The first-order valence-electron chi connectivity index (χ1n) is 7.56. The molecule has 21 heavy (non-hydrogen) atoms. The summed E-state index contributed by atoms with van der Waals surface area (Å²) < 4.78 is 0. The molecule has 0 amide bonds. The molecule has 1 aromatic rings. The summed E-state index contributed by atoms with van der Waals surface area (Å²) in [6, 6.07) is 9.04. The molecule has 0 saturated heterocycles. The smallest absolute Gasteiger partial charge is 0.211 e. The van der Waals surface area contributed by atoms with E-state index in [1.54, 1.807) is 6.21 Å². The lowest BCUT2D eigenvalue weighted by atomic mass is 9.94. The van der Waals surface area contributed by atoms with Crippen molar-refractivity contribution in [2.45, 2.75) is 44.7 Å². The summed E-state index contributed by atoms with van der Waals surface area (Å²) in [5.74, 6) is -0.0283. The average Bonchev–Trinajstić information content (AvgIpc) is 2.48. The van der Waals surface area contributed by atoms with Gasteiger partial charge in [-0.25, -0.2) is 0 Å². The van der Waals surface area contributed by atoms with E-state index in [2.05, 4.69) is 34.3 Å². The lowest BCUT2D eigenvalue weighted by Gasteiger charge is -2.31. The molecule has 4 N–H and O–H groups in total. The van der Waals surface area contributed by atoms with Crippen LogP contribution >= 0.6 is 0 Å². The van der Waals surface area contributed by atoms with Gasteiger partial charge in [0.05, 0.1) is 6.21 Å². The van der Waals surface area contributed by atoms with Crippen molar-refractivity contribution in [2.24, 2.45) is 21.7 Å². The van der Waals surface area contributed by atoms with E-state index in [4.69, 9.17) is 11.5 Å². The van der Waals surface area contributed by atoms with Gasteiger partial charge in [0, 0.05) is 12.6 Å². The predicted octanol–water partition coefficient (Wildman–Crippen LogP) is 2.06. The summed E-state index contributed by atoms with van der Waals surface area (Å²) in [4.78, 5) is 2.46. The maximum Gasteiger partial charge on any atom is 0.211 e. The van der Waals surface area contributed by atoms with E-state index >= 15 is 0 Å². The van der Waals surface area contributed by atoms with Crippen LogP contribution in [-0.4, -0.2) is 30.2 Å². The molecular weight excluding hydrogens is 262 g/mol. The molecule has 0 bridgehead atoms. The molecule has 1 aliphatic rings. The van der Waals surface area contributed by atoms with Crippen LogP contribution in [0.25, 0.3) is 0 Å². The van der Waals surface area contributed by atoms with E-state index in [0.29, 0.717) is 0 Å². The van der Waals surface area contributed by atoms with Crippen LogP contribution in [-0.2, 0) is 6.54 Å². The molecule has 2 rings (SSSR count). The van der Waals surface area contributed by atoms with Gasteiger partial charge in [-0.2, -0.15) is 5.10 Å². The minimum atomic E-state index is -0.0283. The number of rotatable bonds is 5. The second-order valence-corrected chi connectivity index (χ2v) is 5.72. The van der Waals surface area contributed by atoms with Gasteiger partial charge >= 0.3 is 0 Å². The highest BCUT2D eigenvalue weighted by atomic mass is 15.3. The van der Waals surface area contributed by atoms with Crippen LogP contribution in [0.1, 0.15) is 43.2 Å². The number of hydrogen-bond acceptors (Lipinski definition) is 3. The topological polar surface area (TPSA) is 80.0 Å². The third-order valence-corrected chi connectivity index (χ3v) is 3.96. The number of hydrogen-bond donors (Lipinski definition) is 2. The molecule has 1 aromatic carbocycles. The van der Waals surface area contributed by atoms with Gasteiger partial charge in [-0.3, -0.25) is 4.90 Å². The van der Waals surface area contributed by atoms with E-state index < -0.39 is 0 Å². The van der Waals surface area contributed by atoms with E-state index in [1.165, 1.54) is 37.7 Å². The summed E-state index contributed by atoms with van der Waals surface area (Å²) in [5.41, 5.74) is 12.8. The van der Waals surface area contributed by atoms with E-state index in [1.807, 2.05) is 12.1 Å². The zero-order valence-electron chi connectivity index (χ0n) is 12.7. The summed E-state index contributed by atoms with van der Waals surface area (Å²) in [6.07, 6.45) is 8.43. The number of nitrogens with zero attached hydrogens (tertiary/aromatic N) is 3. The van der Waals surface area contributed by atoms with Crippen LogP contribution < -0.4 is 11.5 Å². The van der Waals surface area contributed by atoms with Crippen molar-refractivity contribution in [1.29, 1.82) is 0 Å². The second kappa shape index (κ2) is 7.78. The molecule has 0 atom stereocenters. The largest absolute Gasteiger partial charge is 0.369 e. The first-order chi connectivity index (χ1) is 10.1. The monoisotopic (exact) mass is 287 g/mol. The Labute approximate surface area is 126 Å². The summed E-state index contributed by atoms with van der Waals surface area (Å²) in [6.45, 7) is 0.967. The summed E-state index contributed by atoms with van der Waals surface area (Å²) in [7, 11) is 2.22. The Morgan fingerprint density at radius 2 is 2.05 bits per heavy atom. The number of benzene rings is 1. The molecule has 1 aliphatic carbocycles. The maximum atomic E-state index is 5.24. The molecule has 0 heterocycles. The zero-order chi connectivity index (χ0) is 15.1. The lowest BCUT2D eigenvalue weighted by molar-refractivity contribution is 0.184. The third-order valence-electron chi connectivity index (χ3n) is 3.96. The lowest BCUT2D eigenvalue weighted by Crippen LogP contribution is -2.32. The predicted molar refractivity (Wildman–Crippen MR) is 88.2 cm³/mol. The molecule has 0 aromatic heterocycles. The Morgan fingerprint density at radius 3 is 2.76 bits per heavy atom. The minimum absolute atomic E-state index is 0.0283. The van der Waals surface area contributed by atoms with Crippen molar-refractivity contribution in [3.63, 3.8) is 0 Å². The van der Waals surface area contributed by atoms with Crippen molar-refractivity contribution in [3.05, 3.63) is 35.4 Å². The van der Waals surface area contributed by atoms with Gasteiger partial charge in [0.1, 0.15) is 0 Å². The number of nitrogens with two attached hydrogens (primary N) is 2. The summed E-state index contributed by atoms with van der Waals surface area (Å²) in [5, 5.41) is 7.47. The fourth-order valence-corrected chi connectivity index (χ4v) is 2.87. The molecule has 5 nitrogen and oxygen atoms in total. The quantitative estimate of drug-likeness (QED) is 0.494. The van der Waals surface area contributed by atoms with Crippen molar-refractivity contribution >= 4 is 12.2 Å². The van der Waals surface area contributed by atoms with Crippen molar-refractivity contribution in [2.75, 3.05) is 7.05 Å². The second-order valence-electron chi connectivity index (χ2n) is 5.72. The Hall–Kier alpha value is -1.88. The zero-order valence-corrected chi connectivity index (χ0v) is 12.7. The van der Waals surface area contributed by atoms with E-state index in [-0.39, 0.29) is 5.96 Å². The van der Waals surface area contributed by atoms with Crippen LogP contribution in [0.3, 0.4) is 0 Å². The minimum Gasteiger partial charge on any atom is -0.369 e. The molecule has 5 heteroatoms. The van der Waals surface area contributed by atoms with E-state index in [9.17, 15) is 0 Å². The highest BCUT2D eigenvalue weighted by molar-refractivity contribution is 5.81. The van der Waals surface area contributed by atoms with Crippen molar-refractivity contribution in [3.8, 4) is 0 Å². The first kappa shape index (κ1) is 15.5. The summed E-state index contributed by atoms with van der Waals surface area (Å²) >= 11 is 0. The molecule has 0 radical (unpaired) electrons. The molecule has 114 valence electrons. The van der Waals surface area contributed by atoms with Gasteiger partial charge < -0.3 is 11.5 Å². The van der Waals surface area contributed by atoms with Gasteiger partial charge in [0.2, 0.25) is 5.96 Å². The fraction of sp³-hybridized carbons (Fsp3) is 0.500. The van der Waals surface area contributed by atoms with Crippen LogP contribution in [0.15, 0.2) is 34.5 Å². The molecular formula is C16H25N5. The van der Waals surface area contributed by atoms with Crippen molar-refractivity contribution in [1.82, 2.24) is 4.90 Å². The highest BCUT2D eigenvalue weighted by Gasteiger charge is 2.17. The Morgan fingerprint density at radius 1 is 1.29 bits per heavy atom. The maximum absolute atomic E-state index is 5.24. The average molecular weight is 287 g/mol.